The molecule has 22 heavy (non-hydrogen) atoms. The molecule has 3 N–H and O–H groups in total. The molecule has 0 aliphatic rings. The van der Waals surface area contributed by atoms with Gasteiger partial charge in [0.1, 0.15) is 0 Å². The van der Waals surface area contributed by atoms with E-state index < -0.39 is 0 Å². The molecule has 0 saturated carbocycles. The third-order valence-electron chi connectivity index (χ3n) is 3.69. The molecule has 4 aromatic rings. The first-order valence-corrected chi connectivity index (χ1v) is 7.08. The van der Waals surface area contributed by atoms with Crippen molar-refractivity contribution in [2.24, 2.45) is 0 Å². The lowest BCUT2D eigenvalue weighted by Gasteiger charge is -2.07. The van der Waals surface area contributed by atoms with Crippen molar-refractivity contribution in [1.82, 2.24) is 15.2 Å². The zero-order valence-corrected chi connectivity index (χ0v) is 11.8. The van der Waals surface area contributed by atoms with Crippen molar-refractivity contribution >= 4 is 16.7 Å². The summed E-state index contributed by atoms with van der Waals surface area (Å²) in [5.74, 6) is 0.473. The molecule has 106 valence electrons. The number of pyridine rings is 1. The molecule has 0 bridgehead atoms. The number of H-pyrrole nitrogens is 1. The molecule has 0 unspecified atom stereocenters. The lowest BCUT2D eigenvalue weighted by molar-refractivity contribution is 1.13. The average Bonchev–Trinajstić information content (AvgIpc) is 2.97. The fourth-order valence-electron chi connectivity index (χ4n) is 2.63. The van der Waals surface area contributed by atoms with Crippen LogP contribution in [-0.4, -0.2) is 15.2 Å². The summed E-state index contributed by atoms with van der Waals surface area (Å²) >= 11 is 0. The van der Waals surface area contributed by atoms with Gasteiger partial charge >= 0.3 is 0 Å². The number of hydrogen-bond acceptors (Lipinski definition) is 3. The molecule has 0 amide bonds. The smallest absolute Gasteiger partial charge is 0.155 e. The molecule has 0 spiro atoms. The van der Waals surface area contributed by atoms with Crippen LogP contribution in [0, 0.1) is 0 Å². The van der Waals surface area contributed by atoms with Gasteiger partial charge in [-0.25, -0.2) is 4.98 Å². The van der Waals surface area contributed by atoms with E-state index in [2.05, 4.69) is 10.2 Å². The highest BCUT2D eigenvalue weighted by atomic mass is 15.2. The van der Waals surface area contributed by atoms with E-state index in [0.29, 0.717) is 5.82 Å². The summed E-state index contributed by atoms with van der Waals surface area (Å²) in [5, 5.41) is 7.99. The summed E-state index contributed by atoms with van der Waals surface area (Å²) in [6.45, 7) is 0. The van der Waals surface area contributed by atoms with E-state index in [0.717, 1.165) is 33.4 Å². The van der Waals surface area contributed by atoms with Crippen molar-refractivity contribution in [1.29, 1.82) is 0 Å². The summed E-state index contributed by atoms with van der Waals surface area (Å²) in [5.41, 5.74) is 10.8. The number of benzene rings is 2. The zero-order valence-electron chi connectivity index (χ0n) is 11.8. The summed E-state index contributed by atoms with van der Waals surface area (Å²) in [6.07, 6.45) is 0. The number of aromatic amines is 1. The normalized spacial score (nSPS) is 10.9. The Morgan fingerprint density at radius 1 is 0.818 bits per heavy atom. The molecule has 2 aromatic heterocycles. The van der Waals surface area contributed by atoms with Gasteiger partial charge in [0.2, 0.25) is 0 Å². The van der Waals surface area contributed by atoms with Gasteiger partial charge in [0.15, 0.2) is 5.82 Å². The minimum absolute atomic E-state index is 0.473. The van der Waals surface area contributed by atoms with E-state index >= 15 is 0 Å². The Bertz CT molecular complexity index is 927. The van der Waals surface area contributed by atoms with Gasteiger partial charge < -0.3 is 5.73 Å². The van der Waals surface area contributed by atoms with Gasteiger partial charge in [0.25, 0.3) is 0 Å². The molecule has 0 saturated heterocycles. The molecule has 0 aliphatic carbocycles. The number of nitrogen functional groups attached to an aromatic ring is 1. The van der Waals surface area contributed by atoms with Crippen LogP contribution in [0.5, 0.6) is 0 Å². The van der Waals surface area contributed by atoms with Crippen LogP contribution in [0.3, 0.4) is 0 Å². The van der Waals surface area contributed by atoms with Gasteiger partial charge in [-0.3, -0.25) is 5.10 Å². The number of fused-ring (bicyclic) bond motifs is 1. The van der Waals surface area contributed by atoms with E-state index in [4.69, 9.17) is 10.7 Å². The molecule has 2 heterocycles. The van der Waals surface area contributed by atoms with E-state index in [1.165, 1.54) is 0 Å². The Hall–Kier alpha value is -3.14. The van der Waals surface area contributed by atoms with Crippen LogP contribution < -0.4 is 5.73 Å². The van der Waals surface area contributed by atoms with Crippen LogP contribution >= 0.6 is 0 Å². The third-order valence-corrected chi connectivity index (χ3v) is 3.69. The number of nitrogens with two attached hydrogens (primary N) is 1. The number of nitrogens with zero attached hydrogens (tertiary/aromatic N) is 2. The molecule has 0 fully saturated rings. The maximum absolute atomic E-state index is 6.02. The van der Waals surface area contributed by atoms with Gasteiger partial charge in [0, 0.05) is 11.1 Å². The van der Waals surface area contributed by atoms with Crippen LogP contribution in [-0.2, 0) is 0 Å². The Morgan fingerprint density at radius 2 is 1.45 bits per heavy atom. The highest BCUT2D eigenvalue weighted by Gasteiger charge is 2.14. The standard InChI is InChI=1S/C18H14N4/c19-18-16-15(21-22-18)11-14(12-7-3-1-4-8-12)20-17(16)13-9-5-2-6-10-13/h1-11H,(H3,19,21,22). The first kappa shape index (κ1) is 12.6. The van der Waals surface area contributed by atoms with Crippen molar-refractivity contribution in [3.63, 3.8) is 0 Å². The van der Waals surface area contributed by atoms with Crippen molar-refractivity contribution < 1.29 is 0 Å². The molecule has 0 aliphatic heterocycles. The number of anilines is 1. The van der Waals surface area contributed by atoms with Crippen molar-refractivity contribution in [3.8, 4) is 22.5 Å². The molecule has 4 nitrogen and oxygen atoms in total. The maximum Gasteiger partial charge on any atom is 0.155 e. The summed E-state index contributed by atoms with van der Waals surface area (Å²) in [7, 11) is 0. The fourth-order valence-corrected chi connectivity index (χ4v) is 2.63. The van der Waals surface area contributed by atoms with Crippen LogP contribution in [0.2, 0.25) is 0 Å². The summed E-state index contributed by atoms with van der Waals surface area (Å²) in [6, 6.07) is 22.1. The molecule has 0 atom stereocenters. The Kier molecular flexibility index (Phi) is 2.86. The summed E-state index contributed by atoms with van der Waals surface area (Å²) < 4.78 is 0. The largest absolute Gasteiger partial charge is 0.382 e. The number of nitrogens with one attached hydrogen (secondary N) is 1. The second-order valence-electron chi connectivity index (χ2n) is 5.12. The van der Waals surface area contributed by atoms with Crippen LogP contribution in [0.1, 0.15) is 0 Å². The second kappa shape index (κ2) is 5.00. The van der Waals surface area contributed by atoms with Gasteiger partial charge in [-0.1, -0.05) is 60.7 Å². The highest BCUT2D eigenvalue weighted by Crippen LogP contribution is 2.32. The van der Waals surface area contributed by atoms with Crippen molar-refractivity contribution in [2.75, 3.05) is 5.73 Å². The lowest BCUT2D eigenvalue weighted by atomic mass is 10.0. The number of hydrogen-bond donors (Lipinski definition) is 2. The Labute approximate surface area is 127 Å². The number of rotatable bonds is 2. The van der Waals surface area contributed by atoms with Gasteiger partial charge in [-0.2, -0.15) is 5.10 Å². The fraction of sp³-hybridized carbons (Fsp3) is 0. The lowest BCUT2D eigenvalue weighted by Crippen LogP contribution is -1.92. The zero-order chi connectivity index (χ0) is 14.9. The van der Waals surface area contributed by atoms with Crippen molar-refractivity contribution in [2.45, 2.75) is 0 Å². The predicted octanol–water partition coefficient (Wildman–Crippen LogP) is 3.87. The SMILES string of the molecule is Nc1n[nH]c2cc(-c3ccccc3)nc(-c3ccccc3)c12. The molecule has 2 aromatic carbocycles. The Morgan fingerprint density at radius 3 is 2.14 bits per heavy atom. The average molecular weight is 286 g/mol. The van der Waals surface area contributed by atoms with Gasteiger partial charge in [-0.15, -0.1) is 0 Å². The third kappa shape index (κ3) is 2.02. The van der Waals surface area contributed by atoms with Crippen LogP contribution in [0.25, 0.3) is 33.4 Å². The topological polar surface area (TPSA) is 67.6 Å². The predicted molar refractivity (Wildman–Crippen MR) is 89.2 cm³/mol. The highest BCUT2D eigenvalue weighted by molar-refractivity contribution is 6.01. The van der Waals surface area contributed by atoms with E-state index in [1.54, 1.807) is 0 Å². The Balaban J connectivity index is 2.03. The van der Waals surface area contributed by atoms with Crippen LogP contribution in [0.4, 0.5) is 5.82 Å². The van der Waals surface area contributed by atoms with Gasteiger partial charge in [-0.05, 0) is 6.07 Å². The monoisotopic (exact) mass is 286 g/mol. The molecular formula is C18H14N4. The van der Waals surface area contributed by atoms with E-state index in [1.807, 2.05) is 66.7 Å². The van der Waals surface area contributed by atoms with E-state index in [9.17, 15) is 0 Å². The molecule has 4 rings (SSSR count). The number of aromatic nitrogens is 3. The first-order chi connectivity index (χ1) is 10.8. The van der Waals surface area contributed by atoms with Gasteiger partial charge in [0.05, 0.1) is 22.3 Å². The van der Waals surface area contributed by atoms with E-state index in [-0.39, 0.29) is 0 Å². The van der Waals surface area contributed by atoms with Crippen LogP contribution in [0.15, 0.2) is 66.7 Å². The second-order valence-corrected chi connectivity index (χ2v) is 5.12. The molecule has 4 heteroatoms. The minimum Gasteiger partial charge on any atom is -0.382 e. The molecule has 0 radical (unpaired) electrons. The molecular weight excluding hydrogens is 272 g/mol. The quantitative estimate of drug-likeness (QED) is 0.587. The first-order valence-electron chi connectivity index (χ1n) is 7.08. The van der Waals surface area contributed by atoms with Crippen molar-refractivity contribution in [3.05, 3.63) is 66.7 Å². The minimum atomic E-state index is 0.473. The maximum atomic E-state index is 6.02. The summed E-state index contributed by atoms with van der Waals surface area (Å²) in [4.78, 5) is 4.83.